The Kier molecular flexibility index (Phi) is 7.22. The van der Waals surface area contributed by atoms with Crippen LogP contribution in [0.3, 0.4) is 0 Å². The number of rotatable bonds is 10. The van der Waals surface area contributed by atoms with Gasteiger partial charge in [0.2, 0.25) is 0 Å². The third-order valence-electron chi connectivity index (χ3n) is 3.68. The van der Waals surface area contributed by atoms with Gasteiger partial charge in [0.15, 0.2) is 0 Å². The Hall–Kier alpha value is -0.760. The Morgan fingerprint density at radius 1 is 1.16 bits per heavy atom. The van der Waals surface area contributed by atoms with Gasteiger partial charge in [-0.3, -0.25) is 0 Å². The third-order valence-corrected chi connectivity index (χ3v) is 3.68. The molecule has 0 unspecified atom stereocenters. The maximum atomic E-state index is 3.61. The Bertz CT molecular complexity index is 339. The van der Waals surface area contributed by atoms with E-state index < -0.39 is 0 Å². The fourth-order valence-electron chi connectivity index (χ4n) is 2.48. The molecule has 0 atom stereocenters. The molecule has 0 aromatic carbocycles. The Morgan fingerprint density at radius 2 is 1.95 bits per heavy atom. The number of hydrogen-bond acceptors (Lipinski definition) is 1. The number of nitrogens with zero attached hydrogens (tertiary/aromatic N) is 1. The van der Waals surface area contributed by atoms with Crippen LogP contribution < -0.4 is 5.32 Å². The van der Waals surface area contributed by atoms with Crippen LogP contribution in [0, 0.1) is 5.41 Å². The van der Waals surface area contributed by atoms with Gasteiger partial charge in [0.25, 0.3) is 0 Å². The summed E-state index contributed by atoms with van der Waals surface area (Å²) in [5.74, 6) is 0. The highest BCUT2D eigenvalue weighted by Gasteiger charge is 2.16. The van der Waals surface area contributed by atoms with Gasteiger partial charge in [0, 0.05) is 32.0 Å². The maximum absolute atomic E-state index is 3.61. The molecule has 0 bridgehead atoms. The molecule has 0 saturated heterocycles. The second-order valence-electron chi connectivity index (χ2n) is 6.48. The van der Waals surface area contributed by atoms with Gasteiger partial charge in [-0.1, -0.05) is 47.0 Å². The standard InChI is InChI=1S/C17H32N2/c1-5-7-8-10-17(3,4)15-18-13-16-9-12-19(14-16)11-6-2/h9,12,14,18H,5-8,10-11,13,15H2,1-4H3. The molecule has 1 N–H and O–H groups in total. The molecule has 0 aliphatic heterocycles. The Morgan fingerprint density at radius 3 is 2.63 bits per heavy atom. The molecule has 0 amide bonds. The molecule has 1 heterocycles. The molecule has 110 valence electrons. The average molecular weight is 264 g/mol. The summed E-state index contributed by atoms with van der Waals surface area (Å²) in [6.07, 6.45) is 11.0. The molecule has 1 rings (SSSR count). The minimum Gasteiger partial charge on any atom is -0.354 e. The zero-order chi connectivity index (χ0) is 14.1. The van der Waals surface area contributed by atoms with Crippen molar-refractivity contribution in [2.45, 2.75) is 72.9 Å². The Balaban J connectivity index is 2.24. The monoisotopic (exact) mass is 264 g/mol. The SMILES string of the molecule is CCCCCC(C)(C)CNCc1ccn(CCC)c1. The van der Waals surface area contributed by atoms with Crippen molar-refractivity contribution in [1.29, 1.82) is 0 Å². The normalized spacial score (nSPS) is 12.0. The molecule has 0 saturated carbocycles. The van der Waals surface area contributed by atoms with E-state index in [9.17, 15) is 0 Å². The van der Waals surface area contributed by atoms with Crippen LogP contribution >= 0.6 is 0 Å². The lowest BCUT2D eigenvalue weighted by Gasteiger charge is -2.25. The van der Waals surface area contributed by atoms with Crippen molar-refractivity contribution in [3.05, 3.63) is 24.0 Å². The van der Waals surface area contributed by atoms with E-state index in [0.717, 1.165) is 19.6 Å². The summed E-state index contributed by atoms with van der Waals surface area (Å²) in [5.41, 5.74) is 1.82. The van der Waals surface area contributed by atoms with Crippen LogP contribution in [0.15, 0.2) is 18.5 Å². The third kappa shape index (κ3) is 6.81. The lowest BCUT2D eigenvalue weighted by Crippen LogP contribution is -2.29. The average Bonchev–Trinajstić information content (AvgIpc) is 2.77. The molecule has 2 nitrogen and oxygen atoms in total. The number of aryl methyl sites for hydroxylation is 1. The van der Waals surface area contributed by atoms with Crippen LogP contribution in [0.25, 0.3) is 0 Å². The van der Waals surface area contributed by atoms with Crippen LogP contribution in [-0.4, -0.2) is 11.1 Å². The first-order chi connectivity index (χ1) is 9.07. The predicted molar refractivity (Wildman–Crippen MR) is 84.4 cm³/mol. The molecule has 0 aliphatic carbocycles. The first-order valence-electron chi connectivity index (χ1n) is 7.93. The van der Waals surface area contributed by atoms with E-state index in [1.165, 1.54) is 37.7 Å². The van der Waals surface area contributed by atoms with E-state index >= 15 is 0 Å². The lowest BCUT2D eigenvalue weighted by molar-refractivity contribution is 0.302. The minimum atomic E-state index is 0.418. The van der Waals surface area contributed by atoms with E-state index in [0.29, 0.717) is 5.41 Å². The summed E-state index contributed by atoms with van der Waals surface area (Å²) in [4.78, 5) is 0. The highest BCUT2D eigenvalue weighted by atomic mass is 14.9. The highest BCUT2D eigenvalue weighted by Crippen LogP contribution is 2.22. The smallest absolute Gasteiger partial charge is 0.0220 e. The highest BCUT2D eigenvalue weighted by molar-refractivity contribution is 5.09. The van der Waals surface area contributed by atoms with Crippen LogP contribution in [0.2, 0.25) is 0 Å². The fourth-order valence-corrected chi connectivity index (χ4v) is 2.48. The first-order valence-corrected chi connectivity index (χ1v) is 7.93. The zero-order valence-corrected chi connectivity index (χ0v) is 13.3. The van der Waals surface area contributed by atoms with Crippen molar-refractivity contribution < 1.29 is 0 Å². The van der Waals surface area contributed by atoms with Gasteiger partial charge in [0.1, 0.15) is 0 Å². The Labute approximate surface area is 119 Å². The number of nitrogens with one attached hydrogen (secondary N) is 1. The van der Waals surface area contributed by atoms with E-state index in [2.05, 4.69) is 56.0 Å². The molecule has 19 heavy (non-hydrogen) atoms. The first kappa shape index (κ1) is 16.3. The van der Waals surface area contributed by atoms with Crippen LogP contribution in [0.1, 0.15) is 65.4 Å². The molecule has 0 fully saturated rings. The zero-order valence-electron chi connectivity index (χ0n) is 13.3. The second-order valence-corrected chi connectivity index (χ2v) is 6.48. The fraction of sp³-hybridized carbons (Fsp3) is 0.765. The maximum Gasteiger partial charge on any atom is 0.0220 e. The summed E-state index contributed by atoms with van der Waals surface area (Å²) >= 11 is 0. The van der Waals surface area contributed by atoms with Gasteiger partial charge in [-0.15, -0.1) is 0 Å². The van der Waals surface area contributed by atoms with Crippen LogP contribution in [0.4, 0.5) is 0 Å². The van der Waals surface area contributed by atoms with Crippen LogP contribution in [-0.2, 0) is 13.1 Å². The number of hydrogen-bond donors (Lipinski definition) is 1. The predicted octanol–water partition coefficient (Wildman–Crippen LogP) is 4.59. The van der Waals surface area contributed by atoms with Crippen molar-refractivity contribution >= 4 is 0 Å². The second kappa shape index (κ2) is 8.42. The molecule has 2 heteroatoms. The number of unbranched alkanes of at least 4 members (excludes halogenated alkanes) is 2. The van der Waals surface area contributed by atoms with Crippen LogP contribution in [0.5, 0.6) is 0 Å². The van der Waals surface area contributed by atoms with Crippen molar-refractivity contribution in [1.82, 2.24) is 9.88 Å². The summed E-state index contributed by atoms with van der Waals surface area (Å²) < 4.78 is 2.28. The van der Waals surface area contributed by atoms with E-state index in [1.54, 1.807) is 0 Å². The van der Waals surface area contributed by atoms with Gasteiger partial charge in [-0.05, 0) is 29.9 Å². The largest absolute Gasteiger partial charge is 0.354 e. The van der Waals surface area contributed by atoms with Gasteiger partial charge in [0.05, 0.1) is 0 Å². The van der Waals surface area contributed by atoms with Crippen molar-refractivity contribution in [3.63, 3.8) is 0 Å². The molecular weight excluding hydrogens is 232 g/mol. The molecular formula is C17H32N2. The van der Waals surface area contributed by atoms with Gasteiger partial charge in [-0.25, -0.2) is 0 Å². The van der Waals surface area contributed by atoms with E-state index in [4.69, 9.17) is 0 Å². The summed E-state index contributed by atoms with van der Waals surface area (Å²) in [5, 5.41) is 3.61. The van der Waals surface area contributed by atoms with Crippen molar-refractivity contribution in [3.8, 4) is 0 Å². The van der Waals surface area contributed by atoms with E-state index in [1.807, 2.05) is 0 Å². The quantitative estimate of drug-likeness (QED) is 0.611. The van der Waals surface area contributed by atoms with Crippen molar-refractivity contribution in [2.24, 2.45) is 5.41 Å². The molecule has 0 radical (unpaired) electrons. The summed E-state index contributed by atoms with van der Waals surface area (Å²) in [6.45, 7) is 12.5. The minimum absolute atomic E-state index is 0.418. The summed E-state index contributed by atoms with van der Waals surface area (Å²) in [6, 6.07) is 2.23. The lowest BCUT2D eigenvalue weighted by atomic mass is 9.87. The molecule has 0 aliphatic rings. The topological polar surface area (TPSA) is 17.0 Å². The molecule has 1 aromatic heterocycles. The van der Waals surface area contributed by atoms with Crippen molar-refractivity contribution in [2.75, 3.05) is 6.54 Å². The van der Waals surface area contributed by atoms with Gasteiger partial charge in [-0.2, -0.15) is 0 Å². The molecule has 0 spiro atoms. The molecule has 1 aromatic rings. The number of aromatic nitrogens is 1. The summed E-state index contributed by atoms with van der Waals surface area (Å²) in [7, 11) is 0. The van der Waals surface area contributed by atoms with Gasteiger partial charge < -0.3 is 9.88 Å². The van der Waals surface area contributed by atoms with E-state index in [-0.39, 0.29) is 0 Å². The van der Waals surface area contributed by atoms with Gasteiger partial charge >= 0.3 is 0 Å².